The van der Waals surface area contributed by atoms with E-state index in [9.17, 15) is 4.79 Å². The molecule has 0 aliphatic heterocycles. The van der Waals surface area contributed by atoms with Crippen molar-refractivity contribution in [1.29, 1.82) is 0 Å². The highest BCUT2D eigenvalue weighted by Gasteiger charge is 2.05. The Morgan fingerprint density at radius 2 is 1.74 bits per heavy atom. The van der Waals surface area contributed by atoms with Gasteiger partial charge in [0, 0.05) is 7.05 Å². The summed E-state index contributed by atoms with van der Waals surface area (Å²) in [6, 6.07) is 17.0. The maximum absolute atomic E-state index is 11.3. The van der Waals surface area contributed by atoms with Crippen molar-refractivity contribution < 1.29 is 9.53 Å². The minimum Gasteiger partial charge on any atom is -0.487 e. The van der Waals surface area contributed by atoms with Gasteiger partial charge in [0.2, 0.25) is 0 Å². The molecule has 0 aromatic heterocycles. The maximum atomic E-state index is 11.3. The maximum Gasteiger partial charge on any atom is 0.319 e. The zero-order valence-corrected chi connectivity index (χ0v) is 10.7. The van der Waals surface area contributed by atoms with Gasteiger partial charge in [-0.25, -0.2) is 4.79 Å². The molecule has 0 radical (unpaired) electrons. The van der Waals surface area contributed by atoms with Gasteiger partial charge in [-0.1, -0.05) is 42.5 Å². The van der Waals surface area contributed by atoms with Crippen molar-refractivity contribution in [2.45, 2.75) is 6.61 Å². The van der Waals surface area contributed by atoms with Crippen LogP contribution in [0.4, 0.5) is 10.5 Å². The number of ether oxygens (including phenoxy) is 1. The van der Waals surface area contributed by atoms with Gasteiger partial charge in [-0.15, -0.1) is 0 Å². The molecule has 0 spiro atoms. The molecule has 2 rings (SSSR count). The molecule has 2 aromatic rings. The van der Waals surface area contributed by atoms with E-state index >= 15 is 0 Å². The number of hydrogen-bond acceptors (Lipinski definition) is 2. The second-order valence-corrected chi connectivity index (χ2v) is 3.97. The van der Waals surface area contributed by atoms with Gasteiger partial charge >= 0.3 is 6.03 Å². The molecular formula is C15H16N2O2. The predicted octanol–water partition coefficient (Wildman–Crippen LogP) is 3.02. The van der Waals surface area contributed by atoms with E-state index in [2.05, 4.69) is 10.6 Å². The fourth-order valence-electron chi connectivity index (χ4n) is 1.62. The van der Waals surface area contributed by atoms with E-state index in [1.807, 2.05) is 48.5 Å². The molecule has 0 heterocycles. The van der Waals surface area contributed by atoms with E-state index in [4.69, 9.17) is 4.74 Å². The Balaban J connectivity index is 2.05. The molecule has 2 N–H and O–H groups in total. The summed E-state index contributed by atoms with van der Waals surface area (Å²) in [5.41, 5.74) is 1.73. The first-order valence-electron chi connectivity index (χ1n) is 6.04. The Hall–Kier alpha value is -2.49. The summed E-state index contributed by atoms with van der Waals surface area (Å²) in [5, 5.41) is 5.23. The number of carbonyl (C=O) groups excluding carboxylic acids is 1. The van der Waals surface area contributed by atoms with E-state index < -0.39 is 0 Å². The van der Waals surface area contributed by atoms with Crippen LogP contribution in [0.3, 0.4) is 0 Å². The second-order valence-electron chi connectivity index (χ2n) is 3.97. The van der Waals surface area contributed by atoms with Crippen LogP contribution in [0.1, 0.15) is 5.56 Å². The van der Waals surface area contributed by atoms with Gasteiger partial charge in [0.1, 0.15) is 12.4 Å². The zero-order chi connectivity index (χ0) is 13.5. The van der Waals surface area contributed by atoms with Crippen LogP contribution in [0.15, 0.2) is 54.6 Å². The minimum absolute atomic E-state index is 0.268. The Morgan fingerprint density at radius 3 is 2.47 bits per heavy atom. The van der Waals surface area contributed by atoms with Crippen LogP contribution in [0.5, 0.6) is 5.75 Å². The zero-order valence-electron chi connectivity index (χ0n) is 10.7. The fourth-order valence-corrected chi connectivity index (χ4v) is 1.62. The first-order valence-corrected chi connectivity index (χ1v) is 6.04. The molecule has 0 saturated carbocycles. The summed E-state index contributed by atoms with van der Waals surface area (Å²) in [6.07, 6.45) is 0. The smallest absolute Gasteiger partial charge is 0.319 e. The Labute approximate surface area is 112 Å². The van der Waals surface area contributed by atoms with Crippen molar-refractivity contribution in [2.24, 2.45) is 0 Å². The van der Waals surface area contributed by atoms with E-state index in [-0.39, 0.29) is 6.03 Å². The van der Waals surface area contributed by atoms with Gasteiger partial charge in [-0.3, -0.25) is 0 Å². The number of urea groups is 1. The highest BCUT2D eigenvalue weighted by molar-refractivity contribution is 5.90. The number of amides is 2. The van der Waals surface area contributed by atoms with Crippen molar-refractivity contribution in [2.75, 3.05) is 12.4 Å². The van der Waals surface area contributed by atoms with Gasteiger partial charge in [-0.05, 0) is 17.7 Å². The van der Waals surface area contributed by atoms with Crippen LogP contribution in [-0.2, 0) is 6.61 Å². The monoisotopic (exact) mass is 256 g/mol. The van der Waals surface area contributed by atoms with Crippen molar-refractivity contribution in [3.05, 3.63) is 60.2 Å². The quantitative estimate of drug-likeness (QED) is 0.883. The fraction of sp³-hybridized carbons (Fsp3) is 0.133. The predicted molar refractivity (Wildman–Crippen MR) is 75.3 cm³/mol. The molecule has 0 saturated heterocycles. The molecule has 2 amide bonds. The van der Waals surface area contributed by atoms with Crippen LogP contribution >= 0.6 is 0 Å². The Morgan fingerprint density at radius 1 is 1.05 bits per heavy atom. The summed E-state index contributed by atoms with van der Waals surface area (Å²) in [6.45, 7) is 0.466. The molecule has 0 aliphatic rings. The highest BCUT2D eigenvalue weighted by atomic mass is 16.5. The van der Waals surface area contributed by atoms with Crippen LogP contribution < -0.4 is 15.4 Å². The third-order valence-electron chi connectivity index (χ3n) is 2.60. The van der Waals surface area contributed by atoms with Gasteiger partial charge in [-0.2, -0.15) is 0 Å². The molecule has 19 heavy (non-hydrogen) atoms. The topological polar surface area (TPSA) is 50.4 Å². The highest BCUT2D eigenvalue weighted by Crippen LogP contribution is 2.24. The molecule has 0 aliphatic carbocycles. The summed E-state index contributed by atoms with van der Waals surface area (Å²) < 4.78 is 5.73. The van der Waals surface area contributed by atoms with Crippen molar-refractivity contribution in [3.63, 3.8) is 0 Å². The van der Waals surface area contributed by atoms with Crippen molar-refractivity contribution in [3.8, 4) is 5.75 Å². The lowest BCUT2D eigenvalue weighted by atomic mass is 10.2. The molecule has 0 bridgehead atoms. The van der Waals surface area contributed by atoms with E-state index in [1.54, 1.807) is 13.1 Å². The van der Waals surface area contributed by atoms with E-state index in [1.165, 1.54) is 0 Å². The van der Waals surface area contributed by atoms with Crippen molar-refractivity contribution >= 4 is 11.7 Å². The lowest BCUT2D eigenvalue weighted by molar-refractivity contribution is 0.253. The number of nitrogens with one attached hydrogen (secondary N) is 2. The first kappa shape index (κ1) is 13.0. The van der Waals surface area contributed by atoms with Crippen LogP contribution in [0.25, 0.3) is 0 Å². The Kier molecular flexibility index (Phi) is 4.39. The number of carbonyl (C=O) groups is 1. The molecule has 0 atom stereocenters. The molecule has 2 aromatic carbocycles. The number of rotatable bonds is 4. The van der Waals surface area contributed by atoms with Gasteiger partial charge in [0.15, 0.2) is 0 Å². The van der Waals surface area contributed by atoms with Crippen LogP contribution in [-0.4, -0.2) is 13.1 Å². The molecule has 0 unspecified atom stereocenters. The first-order chi connectivity index (χ1) is 9.29. The number of hydrogen-bond donors (Lipinski definition) is 2. The third-order valence-corrected chi connectivity index (χ3v) is 2.60. The lowest BCUT2D eigenvalue weighted by Crippen LogP contribution is -2.24. The molecule has 4 heteroatoms. The standard InChI is InChI=1S/C15H16N2O2/c1-16-15(18)17-13-9-5-6-10-14(13)19-11-12-7-3-2-4-8-12/h2-10H,11H2,1H3,(H2,16,17,18). The van der Waals surface area contributed by atoms with Gasteiger partial charge in [0.05, 0.1) is 5.69 Å². The second kappa shape index (κ2) is 6.44. The number of para-hydroxylation sites is 2. The molecule has 98 valence electrons. The summed E-state index contributed by atoms with van der Waals surface area (Å²) in [5.74, 6) is 0.648. The summed E-state index contributed by atoms with van der Waals surface area (Å²) >= 11 is 0. The molecule has 0 fully saturated rings. The van der Waals surface area contributed by atoms with Gasteiger partial charge < -0.3 is 15.4 Å². The molecule has 4 nitrogen and oxygen atoms in total. The number of anilines is 1. The number of benzene rings is 2. The normalized spacial score (nSPS) is 9.74. The average molecular weight is 256 g/mol. The third kappa shape index (κ3) is 3.74. The minimum atomic E-state index is -0.268. The van der Waals surface area contributed by atoms with Crippen molar-refractivity contribution in [1.82, 2.24) is 5.32 Å². The summed E-state index contributed by atoms with van der Waals surface area (Å²) in [4.78, 5) is 11.3. The molecular weight excluding hydrogens is 240 g/mol. The Bertz CT molecular complexity index is 541. The lowest BCUT2D eigenvalue weighted by Gasteiger charge is -2.12. The van der Waals surface area contributed by atoms with Crippen LogP contribution in [0, 0.1) is 0 Å². The average Bonchev–Trinajstić information content (AvgIpc) is 2.47. The van der Waals surface area contributed by atoms with E-state index in [0.717, 1.165) is 5.56 Å². The summed E-state index contributed by atoms with van der Waals surface area (Å²) in [7, 11) is 1.57. The van der Waals surface area contributed by atoms with E-state index in [0.29, 0.717) is 18.0 Å². The largest absolute Gasteiger partial charge is 0.487 e. The SMILES string of the molecule is CNC(=O)Nc1ccccc1OCc1ccccc1. The van der Waals surface area contributed by atoms with Gasteiger partial charge in [0.25, 0.3) is 0 Å². The van der Waals surface area contributed by atoms with Crippen LogP contribution in [0.2, 0.25) is 0 Å².